The normalized spacial score (nSPS) is 11.4. The minimum atomic E-state index is 0.240. The van der Waals surface area contributed by atoms with E-state index in [1.807, 2.05) is 0 Å². The minimum Gasteiger partial charge on any atom is -0.299 e. The lowest BCUT2D eigenvalue weighted by Crippen LogP contribution is -2.25. The van der Waals surface area contributed by atoms with Gasteiger partial charge in [-0.3, -0.25) is 4.90 Å². The zero-order chi connectivity index (χ0) is 11.9. The van der Waals surface area contributed by atoms with E-state index in [9.17, 15) is 0 Å². The molecule has 0 bridgehead atoms. The fourth-order valence-electron chi connectivity index (χ4n) is 1.30. The largest absolute Gasteiger partial charge is 0.299 e. The lowest BCUT2D eigenvalue weighted by atomic mass is 9.96. The van der Waals surface area contributed by atoms with E-state index < -0.39 is 0 Å². The molecule has 0 aliphatic carbocycles. The first kappa shape index (κ1) is 14.5. The highest BCUT2D eigenvalue weighted by atomic mass is 15.1. The zero-order valence-corrected chi connectivity index (χ0v) is 11.4. The second-order valence-electron chi connectivity index (χ2n) is 5.07. The third-order valence-corrected chi connectivity index (χ3v) is 2.44. The molecule has 0 N–H and O–H groups in total. The van der Waals surface area contributed by atoms with E-state index in [2.05, 4.69) is 58.2 Å². The summed E-state index contributed by atoms with van der Waals surface area (Å²) >= 11 is 0. The highest BCUT2D eigenvalue weighted by molar-refractivity contribution is 5.06. The van der Waals surface area contributed by atoms with E-state index in [0.29, 0.717) is 0 Å². The van der Waals surface area contributed by atoms with Crippen LogP contribution in [0.3, 0.4) is 0 Å². The fourth-order valence-corrected chi connectivity index (χ4v) is 1.30. The molecule has 0 atom stereocenters. The summed E-state index contributed by atoms with van der Waals surface area (Å²) in [7, 11) is 0. The highest BCUT2D eigenvalue weighted by Gasteiger charge is 2.05. The summed E-state index contributed by atoms with van der Waals surface area (Å²) in [6, 6.07) is 0. The molecule has 0 aliphatic rings. The van der Waals surface area contributed by atoms with Crippen molar-refractivity contribution in [2.45, 2.75) is 48.0 Å². The third-order valence-electron chi connectivity index (χ3n) is 2.44. The Bertz CT molecular complexity index is 222. The summed E-state index contributed by atoms with van der Waals surface area (Å²) in [6.07, 6.45) is 3.29. The molecule has 0 heterocycles. The molecule has 1 nitrogen and oxygen atoms in total. The predicted molar refractivity (Wildman–Crippen MR) is 69.1 cm³/mol. The number of likely N-dealkylation sites (N-methyl/N-ethyl adjacent to an activating group) is 1. The molecule has 0 rings (SSSR count). The molecule has 0 amide bonds. The van der Waals surface area contributed by atoms with Crippen molar-refractivity contribution in [1.29, 1.82) is 0 Å². The van der Waals surface area contributed by atoms with Crippen molar-refractivity contribution in [2.75, 3.05) is 19.6 Å². The lowest BCUT2D eigenvalue weighted by molar-refractivity contribution is 0.327. The molecule has 1 heteroatoms. The van der Waals surface area contributed by atoms with Gasteiger partial charge in [0.15, 0.2) is 0 Å². The van der Waals surface area contributed by atoms with E-state index in [1.54, 1.807) is 0 Å². The Balaban J connectivity index is 4.55. The summed E-state index contributed by atoms with van der Waals surface area (Å²) in [5.41, 5.74) is 5.11. The van der Waals surface area contributed by atoms with Gasteiger partial charge in [0.2, 0.25) is 0 Å². The van der Waals surface area contributed by atoms with Crippen molar-refractivity contribution in [3.63, 3.8) is 0 Å². The molecule has 0 unspecified atom stereocenters. The monoisotopic (exact) mass is 209 g/mol. The van der Waals surface area contributed by atoms with Crippen molar-refractivity contribution < 1.29 is 0 Å². The average Bonchev–Trinajstić information content (AvgIpc) is 2.17. The molecule has 15 heavy (non-hydrogen) atoms. The SMILES string of the molecule is CCC(=C=CC(C)(C)C)CN(CC)CC. The third kappa shape index (κ3) is 7.41. The Hall–Kier alpha value is -0.520. The smallest absolute Gasteiger partial charge is 0.0267 e. The molecule has 0 aliphatic heterocycles. The van der Waals surface area contributed by atoms with E-state index in [4.69, 9.17) is 0 Å². The Morgan fingerprint density at radius 1 is 1.13 bits per heavy atom. The van der Waals surface area contributed by atoms with Crippen LogP contribution in [0.25, 0.3) is 0 Å². The maximum Gasteiger partial charge on any atom is 0.0267 e. The van der Waals surface area contributed by atoms with Crippen molar-refractivity contribution in [3.8, 4) is 0 Å². The van der Waals surface area contributed by atoms with Gasteiger partial charge in [0.25, 0.3) is 0 Å². The van der Waals surface area contributed by atoms with Gasteiger partial charge in [0.05, 0.1) is 0 Å². The van der Waals surface area contributed by atoms with Crippen LogP contribution in [0.2, 0.25) is 0 Å². The van der Waals surface area contributed by atoms with E-state index in [0.717, 1.165) is 26.1 Å². The maximum absolute atomic E-state index is 3.46. The molecule has 0 saturated heterocycles. The van der Waals surface area contributed by atoms with Crippen molar-refractivity contribution in [1.82, 2.24) is 4.90 Å². The second kappa shape index (κ2) is 6.87. The summed E-state index contributed by atoms with van der Waals surface area (Å²) in [5.74, 6) is 0. The van der Waals surface area contributed by atoms with E-state index >= 15 is 0 Å². The Kier molecular flexibility index (Phi) is 6.63. The van der Waals surface area contributed by atoms with Crippen molar-refractivity contribution >= 4 is 0 Å². The van der Waals surface area contributed by atoms with Gasteiger partial charge in [0.1, 0.15) is 0 Å². The van der Waals surface area contributed by atoms with Crippen LogP contribution >= 0.6 is 0 Å². The van der Waals surface area contributed by atoms with E-state index in [1.165, 1.54) is 5.57 Å². The van der Waals surface area contributed by atoms with Gasteiger partial charge in [-0.05, 0) is 36.6 Å². The minimum absolute atomic E-state index is 0.240. The standard InChI is InChI=1S/C14H27N/c1-7-13(10-11-14(4,5)6)12-15(8-2)9-3/h11H,7-9,12H2,1-6H3. The first-order chi connectivity index (χ1) is 6.92. The molecule has 0 aromatic rings. The van der Waals surface area contributed by atoms with Crippen LogP contribution < -0.4 is 0 Å². The lowest BCUT2D eigenvalue weighted by Gasteiger charge is -2.18. The number of rotatable bonds is 5. The Labute approximate surface area is 95.9 Å². The van der Waals surface area contributed by atoms with Gasteiger partial charge in [-0.1, -0.05) is 41.5 Å². The number of hydrogen-bond acceptors (Lipinski definition) is 1. The van der Waals surface area contributed by atoms with Crippen molar-refractivity contribution in [3.05, 3.63) is 17.4 Å². The van der Waals surface area contributed by atoms with Gasteiger partial charge in [-0.15, -0.1) is 5.73 Å². The first-order valence-corrected chi connectivity index (χ1v) is 6.10. The molecule has 0 radical (unpaired) electrons. The quantitative estimate of drug-likeness (QED) is 0.621. The molecular formula is C14H27N. The van der Waals surface area contributed by atoms with Gasteiger partial charge in [0, 0.05) is 6.54 Å². The molecule has 0 saturated carbocycles. The summed E-state index contributed by atoms with van der Waals surface area (Å²) in [5, 5.41) is 0. The van der Waals surface area contributed by atoms with Gasteiger partial charge < -0.3 is 0 Å². The average molecular weight is 209 g/mol. The predicted octanol–water partition coefficient (Wildman–Crippen LogP) is 3.87. The van der Waals surface area contributed by atoms with Gasteiger partial charge in [-0.2, -0.15) is 0 Å². The molecule has 0 fully saturated rings. The fraction of sp³-hybridized carbons (Fsp3) is 0.786. The molecular weight excluding hydrogens is 182 g/mol. The van der Waals surface area contributed by atoms with E-state index in [-0.39, 0.29) is 5.41 Å². The van der Waals surface area contributed by atoms with Crippen LogP contribution in [0.4, 0.5) is 0 Å². The molecule has 88 valence electrons. The van der Waals surface area contributed by atoms with Crippen LogP contribution in [0.15, 0.2) is 17.4 Å². The molecule has 0 spiro atoms. The second-order valence-corrected chi connectivity index (χ2v) is 5.07. The maximum atomic E-state index is 3.46. The Morgan fingerprint density at radius 2 is 1.67 bits per heavy atom. The molecule has 0 aromatic carbocycles. The van der Waals surface area contributed by atoms with Crippen LogP contribution in [-0.2, 0) is 0 Å². The summed E-state index contributed by atoms with van der Waals surface area (Å²) in [6.45, 7) is 16.6. The van der Waals surface area contributed by atoms with Gasteiger partial charge in [-0.25, -0.2) is 0 Å². The Morgan fingerprint density at radius 3 is 2.00 bits per heavy atom. The number of hydrogen-bond donors (Lipinski definition) is 0. The van der Waals surface area contributed by atoms with Crippen LogP contribution in [0.1, 0.15) is 48.0 Å². The zero-order valence-electron chi connectivity index (χ0n) is 11.4. The van der Waals surface area contributed by atoms with Crippen LogP contribution in [0.5, 0.6) is 0 Å². The topological polar surface area (TPSA) is 3.24 Å². The van der Waals surface area contributed by atoms with Gasteiger partial charge >= 0.3 is 0 Å². The first-order valence-electron chi connectivity index (χ1n) is 6.10. The van der Waals surface area contributed by atoms with Crippen LogP contribution in [-0.4, -0.2) is 24.5 Å². The van der Waals surface area contributed by atoms with Crippen molar-refractivity contribution in [2.24, 2.45) is 5.41 Å². The number of nitrogens with zero attached hydrogens (tertiary/aromatic N) is 1. The summed E-state index contributed by atoms with van der Waals surface area (Å²) in [4.78, 5) is 2.43. The van der Waals surface area contributed by atoms with Crippen LogP contribution in [0, 0.1) is 5.41 Å². The highest BCUT2D eigenvalue weighted by Crippen LogP contribution is 2.14. The summed E-state index contributed by atoms with van der Waals surface area (Å²) < 4.78 is 0. The molecule has 0 aromatic heterocycles.